The number of alkyl halides is 1. The van der Waals surface area contributed by atoms with Crippen LogP contribution in [0.3, 0.4) is 0 Å². The zero-order valence-electron chi connectivity index (χ0n) is 11.1. The quantitative estimate of drug-likeness (QED) is 0.458. The SMILES string of the molecule is CCOCCN(CCOCC)C(=O)C(Br)CC. The molecule has 17 heavy (non-hydrogen) atoms. The van der Waals surface area contributed by atoms with Gasteiger partial charge in [0.15, 0.2) is 0 Å². The number of halogens is 1. The molecule has 0 bridgehead atoms. The minimum Gasteiger partial charge on any atom is -0.380 e. The Morgan fingerprint density at radius 2 is 1.59 bits per heavy atom. The number of amides is 1. The summed E-state index contributed by atoms with van der Waals surface area (Å²) >= 11 is 3.39. The second-order valence-corrected chi connectivity index (χ2v) is 4.70. The second kappa shape index (κ2) is 11.0. The van der Waals surface area contributed by atoms with Crippen molar-refractivity contribution in [3.8, 4) is 0 Å². The van der Waals surface area contributed by atoms with Crippen molar-refractivity contribution in [2.75, 3.05) is 39.5 Å². The predicted molar refractivity (Wildman–Crippen MR) is 72.6 cm³/mol. The number of ether oxygens (including phenoxy) is 2. The molecule has 0 aliphatic heterocycles. The molecule has 0 aromatic carbocycles. The molecule has 1 atom stereocenters. The molecule has 4 nitrogen and oxygen atoms in total. The third-order valence-electron chi connectivity index (χ3n) is 2.36. The summed E-state index contributed by atoms with van der Waals surface area (Å²) in [6, 6.07) is 0. The molecular weight excluding hydrogens is 286 g/mol. The van der Waals surface area contributed by atoms with E-state index < -0.39 is 0 Å². The average molecular weight is 310 g/mol. The first-order valence-electron chi connectivity index (χ1n) is 6.25. The first-order chi connectivity index (χ1) is 8.17. The highest BCUT2D eigenvalue weighted by Crippen LogP contribution is 2.09. The van der Waals surface area contributed by atoms with E-state index in [0.29, 0.717) is 39.5 Å². The van der Waals surface area contributed by atoms with Gasteiger partial charge < -0.3 is 14.4 Å². The third kappa shape index (κ3) is 7.73. The highest BCUT2D eigenvalue weighted by atomic mass is 79.9. The number of hydrogen-bond donors (Lipinski definition) is 0. The van der Waals surface area contributed by atoms with Crippen LogP contribution in [0.5, 0.6) is 0 Å². The molecule has 0 rings (SSSR count). The van der Waals surface area contributed by atoms with E-state index in [1.807, 2.05) is 20.8 Å². The normalized spacial score (nSPS) is 12.5. The van der Waals surface area contributed by atoms with E-state index in [-0.39, 0.29) is 10.7 Å². The molecule has 1 unspecified atom stereocenters. The molecular formula is C12H24BrNO3. The molecule has 102 valence electrons. The summed E-state index contributed by atoms with van der Waals surface area (Å²) in [5.74, 6) is 0.118. The van der Waals surface area contributed by atoms with Crippen molar-refractivity contribution in [2.24, 2.45) is 0 Å². The monoisotopic (exact) mass is 309 g/mol. The highest BCUT2D eigenvalue weighted by molar-refractivity contribution is 9.10. The summed E-state index contributed by atoms with van der Waals surface area (Å²) < 4.78 is 10.6. The topological polar surface area (TPSA) is 38.8 Å². The first kappa shape index (κ1) is 16.9. The lowest BCUT2D eigenvalue weighted by atomic mass is 10.3. The summed E-state index contributed by atoms with van der Waals surface area (Å²) in [4.78, 5) is 13.7. The van der Waals surface area contributed by atoms with Gasteiger partial charge in [-0.3, -0.25) is 4.79 Å². The fourth-order valence-electron chi connectivity index (χ4n) is 1.34. The second-order valence-electron chi connectivity index (χ2n) is 3.59. The maximum absolute atomic E-state index is 12.0. The Bertz CT molecular complexity index is 192. The van der Waals surface area contributed by atoms with Gasteiger partial charge in [-0.1, -0.05) is 22.9 Å². The van der Waals surface area contributed by atoms with Crippen molar-refractivity contribution < 1.29 is 14.3 Å². The van der Waals surface area contributed by atoms with Gasteiger partial charge in [-0.15, -0.1) is 0 Å². The molecule has 0 aromatic rings. The molecule has 5 heteroatoms. The van der Waals surface area contributed by atoms with Gasteiger partial charge in [0.05, 0.1) is 18.0 Å². The smallest absolute Gasteiger partial charge is 0.236 e. The van der Waals surface area contributed by atoms with Crippen LogP contribution in [-0.2, 0) is 14.3 Å². The summed E-state index contributed by atoms with van der Waals surface area (Å²) in [5, 5.41) is 0. The van der Waals surface area contributed by atoms with Crippen LogP contribution >= 0.6 is 15.9 Å². The lowest BCUT2D eigenvalue weighted by molar-refractivity contribution is -0.132. The zero-order valence-corrected chi connectivity index (χ0v) is 12.7. The molecule has 1 amide bonds. The van der Waals surface area contributed by atoms with Gasteiger partial charge in [0.25, 0.3) is 0 Å². The molecule has 0 radical (unpaired) electrons. The minimum atomic E-state index is -0.106. The molecule has 0 aromatic heterocycles. The number of rotatable bonds is 10. The molecule has 0 fully saturated rings. The van der Waals surface area contributed by atoms with Crippen LogP contribution in [-0.4, -0.2) is 55.2 Å². The fourth-order valence-corrected chi connectivity index (χ4v) is 1.63. The van der Waals surface area contributed by atoms with Gasteiger partial charge in [0, 0.05) is 26.3 Å². The maximum Gasteiger partial charge on any atom is 0.236 e. The van der Waals surface area contributed by atoms with Crippen molar-refractivity contribution in [1.29, 1.82) is 0 Å². The standard InChI is InChI=1S/C12H24BrNO3/c1-4-11(13)12(15)14(7-9-16-5-2)8-10-17-6-3/h11H,4-10H2,1-3H3. The van der Waals surface area contributed by atoms with E-state index in [1.165, 1.54) is 0 Å². The van der Waals surface area contributed by atoms with Crippen molar-refractivity contribution in [1.82, 2.24) is 4.90 Å². The van der Waals surface area contributed by atoms with E-state index in [4.69, 9.17) is 9.47 Å². The Balaban J connectivity index is 4.12. The van der Waals surface area contributed by atoms with E-state index in [0.717, 1.165) is 6.42 Å². The summed E-state index contributed by atoms with van der Waals surface area (Å²) in [6.07, 6.45) is 0.790. The van der Waals surface area contributed by atoms with Crippen LogP contribution in [0.1, 0.15) is 27.2 Å². The van der Waals surface area contributed by atoms with Gasteiger partial charge in [0.2, 0.25) is 5.91 Å². The third-order valence-corrected chi connectivity index (χ3v) is 3.40. The molecule has 0 aliphatic carbocycles. The van der Waals surface area contributed by atoms with Crippen molar-refractivity contribution in [2.45, 2.75) is 32.0 Å². The van der Waals surface area contributed by atoms with Crippen molar-refractivity contribution >= 4 is 21.8 Å². The Kier molecular flexibility index (Phi) is 10.9. The van der Waals surface area contributed by atoms with Crippen LogP contribution in [0.25, 0.3) is 0 Å². The van der Waals surface area contributed by atoms with Crippen molar-refractivity contribution in [3.05, 3.63) is 0 Å². The zero-order chi connectivity index (χ0) is 13.1. The molecule has 0 saturated carbocycles. The Morgan fingerprint density at radius 1 is 1.12 bits per heavy atom. The number of hydrogen-bond acceptors (Lipinski definition) is 3. The Hall–Kier alpha value is -0.130. The molecule has 0 N–H and O–H groups in total. The number of carbonyl (C=O) groups excluding carboxylic acids is 1. The summed E-state index contributed by atoms with van der Waals surface area (Å²) in [5.41, 5.74) is 0. The Labute approximate surface area is 113 Å². The van der Waals surface area contributed by atoms with Crippen molar-refractivity contribution in [3.63, 3.8) is 0 Å². The van der Waals surface area contributed by atoms with Gasteiger partial charge in [-0.25, -0.2) is 0 Å². The fraction of sp³-hybridized carbons (Fsp3) is 0.917. The average Bonchev–Trinajstić information content (AvgIpc) is 2.35. The van der Waals surface area contributed by atoms with Gasteiger partial charge in [-0.05, 0) is 20.3 Å². The van der Waals surface area contributed by atoms with Gasteiger partial charge in [0.1, 0.15) is 0 Å². The summed E-state index contributed by atoms with van der Waals surface area (Å²) in [6.45, 7) is 9.66. The van der Waals surface area contributed by atoms with Gasteiger partial charge in [-0.2, -0.15) is 0 Å². The summed E-state index contributed by atoms with van der Waals surface area (Å²) in [7, 11) is 0. The Morgan fingerprint density at radius 3 is 1.94 bits per heavy atom. The van der Waals surface area contributed by atoms with E-state index in [1.54, 1.807) is 4.90 Å². The lowest BCUT2D eigenvalue weighted by Crippen LogP contribution is -2.40. The van der Waals surface area contributed by atoms with Crippen LogP contribution in [0.15, 0.2) is 0 Å². The molecule has 0 heterocycles. The van der Waals surface area contributed by atoms with E-state index in [2.05, 4.69) is 15.9 Å². The van der Waals surface area contributed by atoms with E-state index in [9.17, 15) is 4.79 Å². The first-order valence-corrected chi connectivity index (χ1v) is 7.17. The minimum absolute atomic E-state index is 0.106. The molecule has 0 spiro atoms. The van der Waals surface area contributed by atoms with Crippen LogP contribution in [0, 0.1) is 0 Å². The maximum atomic E-state index is 12.0. The van der Waals surface area contributed by atoms with Crippen LogP contribution in [0.2, 0.25) is 0 Å². The van der Waals surface area contributed by atoms with Gasteiger partial charge >= 0.3 is 0 Å². The van der Waals surface area contributed by atoms with Crippen LogP contribution in [0.4, 0.5) is 0 Å². The molecule has 0 aliphatic rings. The largest absolute Gasteiger partial charge is 0.380 e. The van der Waals surface area contributed by atoms with Crippen LogP contribution < -0.4 is 0 Å². The number of nitrogens with zero attached hydrogens (tertiary/aromatic N) is 1. The predicted octanol–water partition coefficient (Wildman–Crippen LogP) is 2.06. The lowest BCUT2D eigenvalue weighted by Gasteiger charge is -2.24. The van der Waals surface area contributed by atoms with E-state index >= 15 is 0 Å². The number of carbonyl (C=O) groups is 1. The molecule has 0 saturated heterocycles. The highest BCUT2D eigenvalue weighted by Gasteiger charge is 2.19.